The Morgan fingerprint density at radius 3 is 2.89 bits per heavy atom. The number of nitrogens with one attached hydrogen (secondary N) is 1. The molecule has 0 aliphatic carbocycles. The van der Waals surface area contributed by atoms with Crippen molar-refractivity contribution in [2.75, 3.05) is 24.6 Å². The standard InChI is InChI=1S/C14H21ClN2O/c1-10-3-4-12(7-14(10)15)17-11(2)8-16-9-13(17)5-6-18/h3-4,7,11,13,16,18H,5-6,8-9H2,1-2H3. The quantitative estimate of drug-likeness (QED) is 0.882. The smallest absolute Gasteiger partial charge is 0.0455 e. The van der Waals surface area contributed by atoms with Gasteiger partial charge in [0.15, 0.2) is 0 Å². The molecule has 0 amide bonds. The number of anilines is 1. The lowest BCUT2D eigenvalue weighted by atomic mass is 10.0. The van der Waals surface area contributed by atoms with Crippen LogP contribution < -0.4 is 10.2 Å². The van der Waals surface area contributed by atoms with Crippen molar-refractivity contribution in [1.82, 2.24) is 5.32 Å². The van der Waals surface area contributed by atoms with Crippen molar-refractivity contribution in [2.24, 2.45) is 0 Å². The Morgan fingerprint density at radius 1 is 1.44 bits per heavy atom. The van der Waals surface area contributed by atoms with Crippen molar-refractivity contribution in [3.8, 4) is 0 Å². The van der Waals surface area contributed by atoms with Crippen LogP contribution in [0.3, 0.4) is 0 Å². The van der Waals surface area contributed by atoms with Crippen LogP contribution in [-0.2, 0) is 0 Å². The van der Waals surface area contributed by atoms with E-state index < -0.39 is 0 Å². The molecule has 2 unspecified atom stereocenters. The molecule has 0 radical (unpaired) electrons. The summed E-state index contributed by atoms with van der Waals surface area (Å²) < 4.78 is 0. The lowest BCUT2D eigenvalue weighted by Gasteiger charge is -2.43. The third kappa shape index (κ3) is 2.79. The minimum atomic E-state index is 0.217. The zero-order valence-electron chi connectivity index (χ0n) is 11.0. The van der Waals surface area contributed by atoms with Crippen molar-refractivity contribution < 1.29 is 5.11 Å². The molecule has 18 heavy (non-hydrogen) atoms. The van der Waals surface area contributed by atoms with E-state index in [2.05, 4.69) is 29.3 Å². The summed E-state index contributed by atoms with van der Waals surface area (Å²) >= 11 is 6.21. The Morgan fingerprint density at radius 2 is 2.22 bits per heavy atom. The van der Waals surface area contributed by atoms with E-state index in [4.69, 9.17) is 11.6 Å². The molecule has 100 valence electrons. The first-order valence-corrected chi connectivity index (χ1v) is 6.87. The first-order valence-electron chi connectivity index (χ1n) is 6.49. The van der Waals surface area contributed by atoms with Crippen molar-refractivity contribution in [3.63, 3.8) is 0 Å². The molecule has 1 aliphatic rings. The molecule has 0 aromatic heterocycles. The topological polar surface area (TPSA) is 35.5 Å². The van der Waals surface area contributed by atoms with Crippen LogP contribution in [0.4, 0.5) is 5.69 Å². The van der Waals surface area contributed by atoms with Gasteiger partial charge in [0.25, 0.3) is 0 Å². The van der Waals surface area contributed by atoms with Crippen LogP contribution in [0, 0.1) is 6.92 Å². The maximum absolute atomic E-state index is 9.19. The van der Waals surface area contributed by atoms with Crippen molar-refractivity contribution >= 4 is 17.3 Å². The molecular weight excluding hydrogens is 248 g/mol. The predicted octanol–water partition coefficient (Wildman–Crippen LogP) is 2.20. The van der Waals surface area contributed by atoms with Crippen LogP contribution in [0.15, 0.2) is 18.2 Å². The Bertz CT molecular complexity index is 409. The summed E-state index contributed by atoms with van der Waals surface area (Å²) in [6, 6.07) is 6.95. The lowest BCUT2D eigenvalue weighted by molar-refractivity contribution is 0.259. The summed E-state index contributed by atoms with van der Waals surface area (Å²) in [5.74, 6) is 0. The van der Waals surface area contributed by atoms with Gasteiger partial charge in [-0.25, -0.2) is 0 Å². The van der Waals surface area contributed by atoms with Gasteiger partial charge < -0.3 is 15.3 Å². The molecule has 1 saturated heterocycles. The maximum Gasteiger partial charge on any atom is 0.0455 e. The average molecular weight is 269 g/mol. The largest absolute Gasteiger partial charge is 0.396 e. The number of rotatable bonds is 3. The molecular formula is C14H21ClN2O. The fraction of sp³-hybridized carbons (Fsp3) is 0.571. The Hall–Kier alpha value is -0.770. The van der Waals surface area contributed by atoms with E-state index in [0.29, 0.717) is 12.1 Å². The first kappa shape index (κ1) is 13.7. The van der Waals surface area contributed by atoms with E-state index in [9.17, 15) is 5.11 Å². The SMILES string of the molecule is Cc1ccc(N2C(C)CNCC2CCO)cc1Cl. The van der Waals surface area contributed by atoms with Gasteiger partial charge in [-0.3, -0.25) is 0 Å². The van der Waals surface area contributed by atoms with Crippen LogP contribution in [-0.4, -0.2) is 36.9 Å². The van der Waals surface area contributed by atoms with E-state index >= 15 is 0 Å². The molecule has 1 fully saturated rings. The van der Waals surface area contributed by atoms with Crippen LogP contribution in [0.2, 0.25) is 5.02 Å². The minimum absolute atomic E-state index is 0.217. The highest BCUT2D eigenvalue weighted by Gasteiger charge is 2.27. The van der Waals surface area contributed by atoms with E-state index in [1.54, 1.807) is 0 Å². The Labute approximate surface area is 114 Å². The van der Waals surface area contributed by atoms with Crippen LogP contribution in [0.25, 0.3) is 0 Å². The van der Waals surface area contributed by atoms with Gasteiger partial charge in [0, 0.05) is 42.5 Å². The highest BCUT2D eigenvalue weighted by Crippen LogP contribution is 2.28. The van der Waals surface area contributed by atoms with Crippen molar-refractivity contribution in [2.45, 2.75) is 32.4 Å². The number of aliphatic hydroxyl groups is 1. The normalized spacial score (nSPS) is 24.3. The highest BCUT2D eigenvalue weighted by atomic mass is 35.5. The van der Waals surface area contributed by atoms with Crippen molar-refractivity contribution in [1.29, 1.82) is 0 Å². The van der Waals surface area contributed by atoms with E-state index in [-0.39, 0.29) is 6.61 Å². The molecule has 3 nitrogen and oxygen atoms in total. The molecule has 1 aromatic rings. The van der Waals surface area contributed by atoms with E-state index in [1.165, 1.54) is 0 Å². The lowest BCUT2D eigenvalue weighted by Crippen LogP contribution is -2.56. The third-order valence-electron chi connectivity index (χ3n) is 3.60. The van der Waals surface area contributed by atoms with Gasteiger partial charge in [-0.05, 0) is 38.0 Å². The van der Waals surface area contributed by atoms with Gasteiger partial charge in [0.05, 0.1) is 0 Å². The second-order valence-electron chi connectivity index (χ2n) is 5.01. The molecule has 4 heteroatoms. The number of aliphatic hydroxyl groups excluding tert-OH is 1. The molecule has 0 bridgehead atoms. The van der Waals surface area contributed by atoms with Gasteiger partial charge in [0.2, 0.25) is 0 Å². The number of hydrogen-bond donors (Lipinski definition) is 2. The fourth-order valence-electron chi connectivity index (χ4n) is 2.61. The number of benzene rings is 1. The van der Waals surface area contributed by atoms with Gasteiger partial charge in [-0.15, -0.1) is 0 Å². The van der Waals surface area contributed by atoms with E-state index in [1.807, 2.05) is 13.0 Å². The third-order valence-corrected chi connectivity index (χ3v) is 4.01. The number of piperazine rings is 1. The number of nitrogens with zero attached hydrogens (tertiary/aromatic N) is 1. The fourth-order valence-corrected chi connectivity index (χ4v) is 2.79. The van der Waals surface area contributed by atoms with E-state index in [0.717, 1.165) is 35.8 Å². The molecule has 2 N–H and O–H groups in total. The first-order chi connectivity index (χ1) is 8.63. The van der Waals surface area contributed by atoms with Crippen molar-refractivity contribution in [3.05, 3.63) is 28.8 Å². The minimum Gasteiger partial charge on any atom is -0.396 e. The summed E-state index contributed by atoms with van der Waals surface area (Å²) in [4.78, 5) is 2.37. The molecule has 2 atom stereocenters. The van der Waals surface area contributed by atoms with Crippen LogP contribution >= 0.6 is 11.6 Å². The summed E-state index contributed by atoms with van der Waals surface area (Å²) in [7, 11) is 0. The predicted molar refractivity (Wildman–Crippen MR) is 76.5 cm³/mol. The molecule has 1 aliphatic heterocycles. The number of aryl methyl sites for hydroxylation is 1. The summed E-state index contributed by atoms with van der Waals surface area (Å²) in [5, 5.41) is 13.4. The average Bonchev–Trinajstić information content (AvgIpc) is 2.34. The molecule has 1 aromatic carbocycles. The molecule has 0 saturated carbocycles. The Kier molecular flexibility index (Phi) is 4.49. The number of hydrogen-bond acceptors (Lipinski definition) is 3. The number of halogens is 1. The summed E-state index contributed by atoms with van der Waals surface area (Å²) in [5.41, 5.74) is 2.25. The second-order valence-corrected chi connectivity index (χ2v) is 5.42. The summed E-state index contributed by atoms with van der Waals surface area (Å²) in [6.07, 6.45) is 0.781. The molecule has 0 spiro atoms. The maximum atomic E-state index is 9.19. The van der Waals surface area contributed by atoms with Gasteiger partial charge >= 0.3 is 0 Å². The monoisotopic (exact) mass is 268 g/mol. The second kappa shape index (κ2) is 5.91. The Balaban J connectivity index is 2.28. The zero-order chi connectivity index (χ0) is 13.1. The van der Waals surface area contributed by atoms with Crippen LogP contribution in [0.1, 0.15) is 18.9 Å². The zero-order valence-corrected chi connectivity index (χ0v) is 11.7. The van der Waals surface area contributed by atoms with Gasteiger partial charge in [0.1, 0.15) is 0 Å². The molecule has 1 heterocycles. The van der Waals surface area contributed by atoms with Crippen LogP contribution in [0.5, 0.6) is 0 Å². The van der Waals surface area contributed by atoms with Gasteiger partial charge in [-0.1, -0.05) is 17.7 Å². The molecule has 2 rings (SSSR count). The van der Waals surface area contributed by atoms with Gasteiger partial charge in [-0.2, -0.15) is 0 Å². The highest BCUT2D eigenvalue weighted by molar-refractivity contribution is 6.31. The summed E-state index contributed by atoms with van der Waals surface area (Å²) in [6.45, 7) is 6.31.